The van der Waals surface area contributed by atoms with Crippen LogP contribution in [-0.2, 0) is 13.1 Å². The summed E-state index contributed by atoms with van der Waals surface area (Å²) in [6.07, 6.45) is 0. The third kappa shape index (κ3) is 5.84. The fourth-order valence-electron chi connectivity index (χ4n) is 3.33. The highest BCUT2D eigenvalue weighted by molar-refractivity contribution is 5.54. The van der Waals surface area contributed by atoms with Crippen molar-refractivity contribution in [2.45, 2.75) is 20.0 Å². The largest absolute Gasteiger partial charge is 0.493 e. The molecule has 0 saturated heterocycles. The Kier molecular flexibility index (Phi) is 8.19. The monoisotopic (exact) mass is 437 g/mol. The summed E-state index contributed by atoms with van der Waals surface area (Å²) in [5.74, 6) is 2.75. The number of hydrogen-bond acceptors (Lipinski definition) is 7. The molecule has 3 aromatic carbocycles. The van der Waals surface area contributed by atoms with Gasteiger partial charge in [0.15, 0.2) is 23.0 Å². The number of hydrogen-bond donors (Lipinski definition) is 2. The van der Waals surface area contributed by atoms with Gasteiger partial charge in [-0.2, -0.15) is 5.12 Å². The van der Waals surface area contributed by atoms with Crippen LogP contribution < -0.4 is 29.8 Å². The van der Waals surface area contributed by atoms with Gasteiger partial charge in [0.25, 0.3) is 0 Å². The zero-order chi connectivity index (χ0) is 22.9. The van der Waals surface area contributed by atoms with Gasteiger partial charge in [0.05, 0.1) is 40.7 Å². The maximum absolute atomic E-state index is 5.44. The molecule has 32 heavy (non-hydrogen) atoms. The number of hydrazine groups is 2. The van der Waals surface area contributed by atoms with E-state index in [9.17, 15) is 0 Å². The first-order valence-electron chi connectivity index (χ1n) is 10.3. The molecule has 170 valence electrons. The van der Waals surface area contributed by atoms with Gasteiger partial charge >= 0.3 is 0 Å². The molecule has 7 nitrogen and oxygen atoms in total. The van der Waals surface area contributed by atoms with E-state index in [4.69, 9.17) is 18.9 Å². The standard InChI is InChI=1S/C25H31N3O4/c1-18-8-6-7-9-20(18)17-28(27-21-11-13-23(30-3)25(15-21)32-5)26-16-19-10-12-22(29-2)24(14-19)31-4/h6-15,26-27H,16-17H2,1-5H3. The van der Waals surface area contributed by atoms with E-state index >= 15 is 0 Å². The van der Waals surface area contributed by atoms with Crippen molar-refractivity contribution in [1.82, 2.24) is 10.5 Å². The fraction of sp³-hybridized carbons (Fsp3) is 0.280. The third-order valence-corrected chi connectivity index (χ3v) is 5.16. The predicted molar refractivity (Wildman–Crippen MR) is 126 cm³/mol. The van der Waals surface area contributed by atoms with Crippen molar-refractivity contribution in [1.29, 1.82) is 0 Å². The highest BCUT2D eigenvalue weighted by Gasteiger charge is 2.12. The Bertz CT molecular complexity index is 1030. The Labute approximate surface area is 189 Å². The van der Waals surface area contributed by atoms with Crippen molar-refractivity contribution < 1.29 is 18.9 Å². The van der Waals surface area contributed by atoms with Gasteiger partial charge in [0, 0.05) is 12.6 Å². The minimum absolute atomic E-state index is 0.590. The maximum atomic E-state index is 5.44. The topological polar surface area (TPSA) is 64.2 Å². The van der Waals surface area contributed by atoms with Crippen LogP contribution in [0.1, 0.15) is 16.7 Å². The molecule has 0 fully saturated rings. The first-order chi connectivity index (χ1) is 15.6. The van der Waals surface area contributed by atoms with Gasteiger partial charge in [-0.15, -0.1) is 0 Å². The van der Waals surface area contributed by atoms with Gasteiger partial charge in [-0.25, -0.2) is 5.43 Å². The molecule has 0 saturated carbocycles. The second-order valence-corrected chi connectivity index (χ2v) is 7.22. The van der Waals surface area contributed by atoms with Crippen LogP contribution in [0.4, 0.5) is 5.69 Å². The molecule has 7 heteroatoms. The molecule has 3 rings (SSSR count). The van der Waals surface area contributed by atoms with E-state index < -0.39 is 0 Å². The molecule has 0 bridgehead atoms. The summed E-state index contributed by atoms with van der Waals surface area (Å²) in [7, 11) is 6.52. The zero-order valence-electron chi connectivity index (χ0n) is 19.3. The van der Waals surface area contributed by atoms with E-state index in [2.05, 4.69) is 29.9 Å². The smallest absolute Gasteiger partial charge is 0.162 e. The molecule has 0 atom stereocenters. The predicted octanol–water partition coefficient (Wildman–Crippen LogP) is 4.56. The Morgan fingerprint density at radius 3 is 2.00 bits per heavy atom. The lowest BCUT2D eigenvalue weighted by Gasteiger charge is -2.26. The fourth-order valence-corrected chi connectivity index (χ4v) is 3.33. The van der Waals surface area contributed by atoms with Gasteiger partial charge in [0.2, 0.25) is 0 Å². The lowest BCUT2D eigenvalue weighted by Crippen LogP contribution is -2.41. The Hall–Kier alpha value is -3.42. The molecule has 2 N–H and O–H groups in total. The van der Waals surface area contributed by atoms with E-state index in [1.165, 1.54) is 11.1 Å². The van der Waals surface area contributed by atoms with Crippen molar-refractivity contribution in [2.75, 3.05) is 33.9 Å². The number of ether oxygens (including phenoxy) is 4. The first kappa shape index (κ1) is 23.2. The summed E-state index contributed by atoms with van der Waals surface area (Å²) in [4.78, 5) is 0. The number of nitrogens with one attached hydrogen (secondary N) is 2. The number of aryl methyl sites for hydroxylation is 1. The molecule has 0 aromatic heterocycles. The minimum atomic E-state index is 0.590. The van der Waals surface area contributed by atoms with Crippen LogP contribution in [-0.4, -0.2) is 33.6 Å². The number of rotatable bonds is 11. The first-order valence-corrected chi connectivity index (χ1v) is 10.3. The highest BCUT2D eigenvalue weighted by Crippen LogP contribution is 2.30. The normalized spacial score (nSPS) is 10.7. The molecule has 0 aliphatic carbocycles. The number of nitrogens with zero attached hydrogens (tertiary/aromatic N) is 1. The van der Waals surface area contributed by atoms with Gasteiger partial charge < -0.3 is 24.4 Å². The van der Waals surface area contributed by atoms with Gasteiger partial charge in [-0.05, 0) is 47.9 Å². The molecule has 0 heterocycles. The Balaban J connectivity index is 1.80. The number of methoxy groups -OCH3 is 4. The summed E-state index contributed by atoms with van der Waals surface area (Å²) in [5.41, 5.74) is 11.3. The van der Waals surface area contributed by atoms with Crippen molar-refractivity contribution >= 4 is 5.69 Å². The van der Waals surface area contributed by atoms with Crippen LogP contribution >= 0.6 is 0 Å². The van der Waals surface area contributed by atoms with Gasteiger partial charge in [-0.1, -0.05) is 30.3 Å². The maximum Gasteiger partial charge on any atom is 0.162 e. The van der Waals surface area contributed by atoms with E-state index in [1.807, 2.05) is 53.6 Å². The summed E-state index contributed by atoms with van der Waals surface area (Å²) in [6, 6.07) is 19.9. The summed E-state index contributed by atoms with van der Waals surface area (Å²) < 4.78 is 21.6. The van der Waals surface area contributed by atoms with E-state index in [0.29, 0.717) is 36.1 Å². The molecule has 0 aliphatic heterocycles. The summed E-state index contributed by atoms with van der Waals surface area (Å²) >= 11 is 0. The molecule has 0 radical (unpaired) electrons. The van der Waals surface area contributed by atoms with Crippen LogP contribution in [0.2, 0.25) is 0 Å². The highest BCUT2D eigenvalue weighted by atomic mass is 16.5. The van der Waals surface area contributed by atoms with Crippen molar-refractivity contribution in [3.05, 3.63) is 77.4 Å². The van der Waals surface area contributed by atoms with E-state index in [1.54, 1.807) is 28.4 Å². The quantitative estimate of drug-likeness (QED) is 0.426. The lowest BCUT2D eigenvalue weighted by molar-refractivity contribution is 0.218. The van der Waals surface area contributed by atoms with Crippen LogP contribution in [0.15, 0.2) is 60.7 Å². The van der Waals surface area contributed by atoms with Crippen LogP contribution in [0.3, 0.4) is 0 Å². The number of benzene rings is 3. The van der Waals surface area contributed by atoms with Crippen LogP contribution in [0, 0.1) is 6.92 Å². The SMILES string of the molecule is COc1ccc(CNN(Cc2ccccc2C)Nc2ccc(OC)c(OC)c2)cc1OC. The second-order valence-electron chi connectivity index (χ2n) is 7.22. The van der Waals surface area contributed by atoms with E-state index in [-0.39, 0.29) is 0 Å². The number of anilines is 1. The minimum Gasteiger partial charge on any atom is -0.493 e. The summed E-state index contributed by atoms with van der Waals surface area (Å²) in [6.45, 7) is 3.35. The van der Waals surface area contributed by atoms with Gasteiger partial charge in [0.1, 0.15) is 0 Å². The third-order valence-electron chi connectivity index (χ3n) is 5.16. The average Bonchev–Trinajstić information content (AvgIpc) is 2.83. The molecule has 3 aromatic rings. The summed E-state index contributed by atoms with van der Waals surface area (Å²) in [5, 5.41) is 1.96. The zero-order valence-corrected chi connectivity index (χ0v) is 19.3. The molecule has 0 unspecified atom stereocenters. The average molecular weight is 438 g/mol. The van der Waals surface area contributed by atoms with Crippen molar-refractivity contribution in [3.63, 3.8) is 0 Å². The molecule has 0 amide bonds. The second kappa shape index (κ2) is 11.3. The van der Waals surface area contributed by atoms with Crippen LogP contribution in [0.25, 0.3) is 0 Å². The molecule has 0 spiro atoms. The molecular weight excluding hydrogens is 406 g/mol. The van der Waals surface area contributed by atoms with E-state index in [0.717, 1.165) is 11.3 Å². The molecular formula is C25H31N3O4. The van der Waals surface area contributed by atoms with Crippen molar-refractivity contribution in [3.8, 4) is 23.0 Å². The Morgan fingerprint density at radius 1 is 0.719 bits per heavy atom. The van der Waals surface area contributed by atoms with Crippen molar-refractivity contribution in [2.24, 2.45) is 0 Å². The molecule has 0 aliphatic rings. The Morgan fingerprint density at radius 2 is 1.34 bits per heavy atom. The van der Waals surface area contributed by atoms with Gasteiger partial charge in [-0.3, -0.25) is 0 Å². The lowest BCUT2D eigenvalue weighted by atomic mass is 10.1. The van der Waals surface area contributed by atoms with Crippen LogP contribution in [0.5, 0.6) is 23.0 Å².